The van der Waals surface area contributed by atoms with Crippen molar-refractivity contribution in [1.82, 2.24) is 20.6 Å². The van der Waals surface area contributed by atoms with Crippen molar-refractivity contribution in [2.75, 3.05) is 19.5 Å². The molecule has 2 aromatic rings. The number of nitrogens with zero attached hydrogens (tertiary/aromatic N) is 3. The molecule has 2 N–H and O–H groups in total. The van der Waals surface area contributed by atoms with Gasteiger partial charge in [0, 0.05) is 5.69 Å². The van der Waals surface area contributed by atoms with Crippen LogP contribution in [0, 0.1) is 0 Å². The number of anilines is 1. The summed E-state index contributed by atoms with van der Waals surface area (Å²) < 4.78 is 14.4. The predicted molar refractivity (Wildman–Crippen MR) is 76.4 cm³/mol. The zero-order valence-corrected chi connectivity index (χ0v) is 12.3. The number of rotatable bonds is 6. The predicted octanol–water partition coefficient (Wildman–Crippen LogP) is 0.634. The molecular weight excluding hydrogens is 306 g/mol. The average molecular weight is 319 g/mol. The molecule has 0 saturated heterocycles. The lowest BCUT2D eigenvalue weighted by molar-refractivity contribution is -0.138. The summed E-state index contributed by atoms with van der Waals surface area (Å²) in [6.45, 7) is 0. The minimum atomic E-state index is -0.706. The number of aromatic amines is 1. The van der Waals surface area contributed by atoms with E-state index in [-0.39, 0.29) is 11.7 Å². The third-order valence-corrected chi connectivity index (χ3v) is 2.54. The summed E-state index contributed by atoms with van der Waals surface area (Å²) in [7, 11) is 2.41. The summed E-state index contributed by atoms with van der Waals surface area (Å²) in [6.07, 6.45) is 0.996. The molecule has 10 nitrogen and oxygen atoms in total. The van der Waals surface area contributed by atoms with Gasteiger partial charge in [-0.25, -0.2) is 9.59 Å². The van der Waals surface area contributed by atoms with Crippen molar-refractivity contribution in [2.45, 2.75) is 0 Å². The summed E-state index contributed by atoms with van der Waals surface area (Å²) in [4.78, 5) is 22.9. The van der Waals surface area contributed by atoms with Gasteiger partial charge in [0.15, 0.2) is 0 Å². The summed E-state index contributed by atoms with van der Waals surface area (Å²) in [5, 5.41) is 15.7. The van der Waals surface area contributed by atoms with Crippen LogP contribution in [-0.4, -0.2) is 46.8 Å². The van der Waals surface area contributed by atoms with E-state index in [1.54, 1.807) is 24.3 Å². The maximum atomic E-state index is 11.6. The van der Waals surface area contributed by atoms with Gasteiger partial charge in [0.25, 0.3) is 0 Å². The van der Waals surface area contributed by atoms with Gasteiger partial charge < -0.3 is 19.5 Å². The van der Waals surface area contributed by atoms with E-state index in [1.807, 2.05) is 0 Å². The number of carbonyl (C=O) groups excluding carboxylic acids is 2. The number of aromatic nitrogens is 4. The summed E-state index contributed by atoms with van der Waals surface area (Å²) in [5.74, 6) is -0.925. The Morgan fingerprint density at radius 3 is 2.48 bits per heavy atom. The third-order valence-electron chi connectivity index (χ3n) is 2.54. The average Bonchev–Trinajstić information content (AvgIpc) is 3.08. The molecule has 0 saturated carbocycles. The number of nitrogens with one attached hydrogen (secondary N) is 2. The summed E-state index contributed by atoms with van der Waals surface area (Å²) in [6, 6.07) is 6.57. The van der Waals surface area contributed by atoms with Crippen molar-refractivity contribution >= 4 is 17.6 Å². The van der Waals surface area contributed by atoms with Gasteiger partial charge >= 0.3 is 17.9 Å². The van der Waals surface area contributed by atoms with Crippen molar-refractivity contribution < 1.29 is 23.8 Å². The highest BCUT2D eigenvalue weighted by Crippen LogP contribution is 2.20. The van der Waals surface area contributed by atoms with Crippen molar-refractivity contribution in [1.29, 1.82) is 0 Å². The second kappa shape index (κ2) is 7.54. The van der Waals surface area contributed by atoms with Crippen LogP contribution in [0.25, 0.3) is 0 Å². The largest absolute Gasteiger partial charge is 0.466 e. The van der Waals surface area contributed by atoms with Crippen LogP contribution in [0.5, 0.6) is 11.8 Å². The Balaban J connectivity index is 2.09. The van der Waals surface area contributed by atoms with Gasteiger partial charge in [-0.2, -0.15) is 5.21 Å². The molecule has 1 aromatic carbocycles. The molecule has 23 heavy (non-hydrogen) atoms. The lowest BCUT2D eigenvalue weighted by atomic mass is 10.3. The second-order valence-electron chi connectivity index (χ2n) is 4.02. The zero-order valence-electron chi connectivity index (χ0n) is 12.3. The molecule has 120 valence electrons. The van der Waals surface area contributed by atoms with Gasteiger partial charge in [-0.15, -0.1) is 0 Å². The van der Waals surface area contributed by atoms with Crippen LogP contribution < -0.4 is 10.1 Å². The zero-order chi connectivity index (χ0) is 16.7. The topological polar surface area (TPSA) is 128 Å². The molecule has 0 bridgehead atoms. The lowest BCUT2D eigenvalue weighted by Gasteiger charge is -2.09. The number of esters is 2. The van der Waals surface area contributed by atoms with E-state index in [0.29, 0.717) is 11.4 Å². The molecule has 0 fully saturated rings. The maximum Gasteiger partial charge on any atom is 0.361 e. The van der Waals surface area contributed by atoms with Gasteiger partial charge in [0.2, 0.25) is 0 Å². The number of benzene rings is 1. The molecule has 0 amide bonds. The molecule has 0 aliphatic rings. The van der Waals surface area contributed by atoms with Crippen LogP contribution in [0.1, 0.15) is 0 Å². The smallest absolute Gasteiger partial charge is 0.361 e. The van der Waals surface area contributed by atoms with E-state index >= 15 is 0 Å². The first-order valence-corrected chi connectivity index (χ1v) is 6.28. The molecule has 10 heteroatoms. The fourth-order valence-corrected chi connectivity index (χ4v) is 1.50. The number of tetrazole rings is 1. The number of hydrogen-bond acceptors (Lipinski definition) is 9. The highest BCUT2D eigenvalue weighted by atomic mass is 16.5. The minimum absolute atomic E-state index is 0.0637. The van der Waals surface area contributed by atoms with Crippen LogP contribution in [0.3, 0.4) is 0 Å². The first-order chi connectivity index (χ1) is 11.1. The van der Waals surface area contributed by atoms with Gasteiger partial charge in [-0.1, -0.05) is 10.2 Å². The van der Waals surface area contributed by atoms with Crippen LogP contribution in [-0.2, 0) is 19.1 Å². The van der Waals surface area contributed by atoms with Crippen molar-refractivity contribution in [3.05, 3.63) is 36.0 Å². The van der Waals surface area contributed by atoms with Crippen molar-refractivity contribution in [3.8, 4) is 11.8 Å². The second-order valence-corrected chi connectivity index (χ2v) is 4.02. The number of hydrogen-bond donors (Lipinski definition) is 2. The molecule has 0 unspecified atom stereocenters. The standard InChI is InChI=1S/C13H13N5O5/c1-21-11(19)7-10(12(20)22-2)14-8-3-5-9(6-4-8)23-13-15-17-18-16-13/h3-7,14H,1-2H3,(H,15,16,17,18)/b10-7+. The number of carbonyl (C=O) groups is 2. The van der Waals surface area contributed by atoms with Crippen molar-refractivity contribution in [3.63, 3.8) is 0 Å². The van der Waals surface area contributed by atoms with Gasteiger partial charge in [-0.3, -0.25) is 0 Å². The number of methoxy groups -OCH3 is 2. The van der Waals surface area contributed by atoms with Crippen LogP contribution in [0.4, 0.5) is 5.69 Å². The normalized spacial score (nSPS) is 10.8. The van der Waals surface area contributed by atoms with Crippen LogP contribution in [0.2, 0.25) is 0 Å². The molecule has 0 aliphatic carbocycles. The Kier molecular flexibility index (Phi) is 5.23. The fraction of sp³-hybridized carbons (Fsp3) is 0.154. The van der Waals surface area contributed by atoms with Gasteiger partial charge in [-0.05, 0) is 29.5 Å². The molecule has 1 heterocycles. The van der Waals surface area contributed by atoms with Gasteiger partial charge in [0.05, 0.1) is 20.3 Å². The van der Waals surface area contributed by atoms with E-state index in [0.717, 1.165) is 6.08 Å². The third kappa shape index (κ3) is 4.52. The van der Waals surface area contributed by atoms with Crippen LogP contribution >= 0.6 is 0 Å². The first-order valence-electron chi connectivity index (χ1n) is 6.28. The Morgan fingerprint density at radius 1 is 1.17 bits per heavy atom. The summed E-state index contributed by atoms with van der Waals surface area (Å²) in [5.41, 5.74) is 0.470. The fourth-order valence-electron chi connectivity index (χ4n) is 1.50. The molecule has 1 aromatic heterocycles. The SMILES string of the molecule is COC(=O)/C=C(/Nc1ccc(Oc2nn[nH]n2)cc1)C(=O)OC. The Hall–Kier alpha value is -3.43. The first kappa shape index (κ1) is 15.9. The number of H-pyrrole nitrogens is 1. The van der Waals surface area contributed by atoms with E-state index < -0.39 is 11.9 Å². The Morgan fingerprint density at radius 2 is 1.91 bits per heavy atom. The highest BCUT2D eigenvalue weighted by molar-refractivity contribution is 5.98. The van der Waals surface area contributed by atoms with E-state index in [4.69, 9.17) is 4.74 Å². The van der Waals surface area contributed by atoms with E-state index in [1.165, 1.54) is 14.2 Å². The maximum absolute atomic E-state index is 11.6. The lowest BCUT2D eigenvalue weighted by Crippen LogP contribution is -2.15. The quantitative estimate of drug-likeness (QED) is 0.582. The number of ether oxygens (including phenoxy) is 3. The summed E-state index contributed by atoms with van der Waals surface area (Å²) >= 11 is 0. The molecule has 0 radical (unpaired) electrons. The van der Waals surface area contributed by atoms with Crippen molar-refractivity contribution in [2.24, 2.45) is 0 Å². The van der Waals surface area contributed by atoms with E-state index in [9.17, 15) is 9.59 Å². The van der Waals surface area contributed by atoms with E-state index in [2.05, 4.69) is 35.4 Å². The molecular formula is C13H13N5O5. The van der Waals surface area contributed by atoms with Crippen LogP contribution in [0.15, 0.2) is 36.0 Å². The van der Waals surface area contributed by atoms with Gasteiger partial charge in [0.1, 0.15) is 11.4 Å². The molecule has 0 spiro atoms. The molecule has 2 rings (SSSR count). The Labute approximate surface area is 130 Å². The minimum Gasteiger partial charge on any atom is -0.466 e. The highest BCUT2D eigenvalue weighted by Gasteiger charge is 2.13. The monoisotopic (exact) mass is 319 g/mol. The molecule has 0 aliphatic heterocycles. The Bertz CT molecular complexity index is 696. The molecule has 0 atom stereocenters.